The van der Waals surface area contributed by atoms with E-state index >= 15 is 0 Å². The Labute approximate surface area is 300 Å². The Bertz CT molecular complexity index is 1650. The number of hydrogen-bond acceptors (Lipinski definition) is 7. The number of alkyl halides is 3. The summed E-state index contributed by atoms with van der Waals surface area (Å²) < 4.78 is 54.5. The van der Waals surface area contributed by atoms with Crippen LogP contribution in [0.2, 0.25) is 5.02 Å². The first-order valence-corrected chi connectivity index (χ1v) is 17.3. The van der Waals surface area contributed by atoms with Crippen LogP contribution in [0.25, 0.3) is 0 Å². The summed E-state index contributed by atoms with van der Waals surface area (Å²) in [5, 5.41) is 5.79. The molecule has 1 heterocycles. The molecule has 1 saturated carbocycles. The quantitative estimate of drug-likeness (QED) is 0.178. The minimum absolute atomic E-state index is 0.00719. The second-order valence-corrected chi connectivity index (χ2v) is 12.9. The molecule has 0 radical (unpaired) electrons. The normalized spacial score (nSPS) is 16.1. The fourth-order valence-electron chi connectivity index (χ4n) is 5.89. The first-order valence-electron chi connectivity index (χ1n) is 16.9. The Balaban J connectivity index is 1.17. The Morgan fingerprint density at radius 2 is 1.80 bits per heavy atom. The number of methoxy groups -OCH3 is 1. The van der Waals surface area contributed by atoms with Crippen LogP contribution in [-0.4, -0.2) is 80.8 Å². The van der Waals surface area contributed by atoms with Crippen LogP contribution in [0.3, 0.4) is 0 Å². The van der Waals surface area contributed by atoms with Crippen molar-refractivity contribution in [1.29, 1.82) is 0 Å². The number of amides is 3. The van der Waals surface area contributed by atoms with Crippen LogP contribution in [0.15, 0.2) is 66.7 Å². The zero-order valence-corrected chi connectivity index (χ0v) is 29.1. The molecule has 0 bridgehead atoms. The van der Waals surface area contributed by atoms with Gasteiger partial charge in [-0.2, -0.15) is 13.2 Å². The lowest BCUT2D eigenvalue weighted by Gasteiger charge is -2.38. The second kappa shape index (κ2) is 17.7. The summed E-state index contributed by atoms with van der Waals surface area (Å²) >= 11 is 6.54. The van der Waals surface area contributed by atoms with Gasteiger partial charge in [0, 0.05) is 48.4 Å². The fraction of sp³-hybridized carbons (Fsp3) is 0.432. The van der Waals surface area contributed by atoms with E-state index in [-0.39, 0.29) is 50.5 Å². The number of nitrogens with zero attached hydrogens (tertiary/aromatic N) is 2. The van der Waals surface area contributed by atoms with E-state index in [4.69, 9.17) is 25.8 Å². The van der Waals surface area contributed by atoms with Crippen LogP contribution in [0.1, 0.15) is 42.4 Å². The number of benzene rings is 3. The lowest BCUT2D eigenvalue weighted by atomic mass is 10.1. The molecule has 0 aromatic heterocycles. The van der Waals surface area contributed by atoms with Gasteiger partial charge in [-0.3, -0.25) is 19.3 Å². The van der Waals surface area contributed by atoms with E-state index in [1.54, 1.807) is 54.5 Å². The molecule has 2 N–H and O–H groups in total. The molecule has 0 spiro atoms. The van der Waals surface area contributed by atoms with Crippen LogP contribution in [-0.2, 0) is 38.7 Å². The maximum Gasteiger partial charge on any atom is 0.397 e. The largest absolute Gasteiger partial charge is 0.496 e. The molecule has 3 aromatic carbocycles. The molecule has 274 valence electrons. The van der Waals surface area contributed by atoms with E-state index in [1.165, 1.54) is 4.90 Å². The lowest BCUT2D eigenvalue weighted by molar-refractivity contribution is -0.153. The van der Waals surface area contributed by atoms with Gasteiger partial charge in [0.05, 0.1) is 33.5 Å². The molecule has 10 nitrogen and oxygen atoms in total. The second-order valence-electron chi connectivity index (χ2n) is 12.5. The molecule has 51 heavy (non-hydrogen) atoms. The van der Waals surface area contributed by atoms with Crippen molar-refractivity contribution in [1.82, 2.24) is 15.5 Å². The van der Waals surface area contributed by atoms with E-state index in [9.17, 15) is 27.6 Å². The highest BCUT2D eigenvalue weighted by atomic mass is 35.5. The number of carbonyl (C=O) groups is 3. The Morgan fingerprint density at radius 1 is 1.04 bits per heavy atom. The number of halogens is 4. The third kappa shape index (κ3) is 11.1. The van der Waals surface area contributed by atoms with Crippen molar-refractivity contribution in [3.8, 4) is 11.5 Å². The predicted molar refractivity (Wildman–Crippen MR) is 186 cm³/mol. The van der Waals surface area contributed by atoms with Gasteiger partial charge in [-0.05, 0) is 66.8 Å². The number of nitrogens with one attached hydrogen (secondary N) is 2. The van der Waals surface area contributed by atoms with Gasteiger partial charge in [0.2, 0.25) is 17.7 Å². The molecule has 14 heteroatoms. The van der Waals surface area contributed by atoms with Crippen LogP contribution < -0.4 is 25.0 Å². The Kier molecular flexibility index (Phi) is 13.2. The molecular weight excluding hydrogens is 689 g/mol. The monoisotopic (exact) mass is 730 g/mol. The van der Waals surface area contributed by atoms with Crippen LogP contribution in [0, 0.1) is 0 Å². The summed E-state index contributed by atoms with van der Waals surface area (Å²) in [6.45, 7) is 1.96. The average Bonchev–Trinajstić information content (AvgIpc) is 3.95. The summed E-state index contributed by atoms with van der Waals surface area (Å²) in [5.41, 5.74) is 2.98. The van der Waals surface area contributed by atoms with E-state index in [0.29, 0.717) is 48.3 Å². The summed E-state index contributed by atoms with van der Waals surface area (Å²) in [7, 11) is 1.63. The van der Waals surface area contributed by atoms with Gasteiger partial charge in [-0.15, -0.1) is 0 Å². The van der Waals surface area contributed by atoms with E-state index < -0.39 is 24.5 Å². The van der Waals surface area contributed by atoms with Gasteiger partial charge in [-0.1, -0.05) is 41.9 Å². The number of para-hydroxylation sites is 1. The number of hydrogen-bond donors (Lipinski definition) is 2. The maximum atomic E-state index is 14.2. The number of carbonyl (C=O) groups excluding carboxylic acids is 3. The first-order chi connectivity index (χ1) is 24.5. The van der Waals surface area contributed by atoms with Crippen LogP contribution >= 0.6 is 11.6 Å². The highest BCUT2D eigenvalue weighted by Crippen LogP contribution is 2.33. The molecule has 1 aliphatic carbocycles. The number of anilines is 1. The summed E-state index contributed by atoms with van der Waals surface area (Å²) in [5.74, 6) is -0.129. The van der Waals surface area contributed by atoms with E-state index in [1.807, 2.05) is 24.3 Å². The lowest BCUT2D eigenvalue weighted by Crippen LogP contribution is -2.61. The van der Waals surface area contributed by atoms with Gasteiger partial charge in [0.15, 0.2) is 0 Å². The summed E-state index contributed by atoms with van der Waals surface area (Å²) in [6.07, 6.45) is -3.51. The standard InChI is InChI=1S/C37H42ClF3N4O6/c1-49-33-6-3-2-5-26(33)24-50-17-4-18-51-30-12-10-29(11-13-30)45-32(21-42-22-35(45)47)36(48)44(28-8-9-28)23-27-19-25(7-14-31(27)38)15-16-43-34(46)20-37(39,40)41/h2-3,5-7,10-14,19,28,32,42H,4,8-9,15-18,20-24H2,1H3,(H,43,46)/t32-/m1/s1. The van der Waals surface area contributed by atoms with Crippen molar-refractivity contribution in [2.45, 2.75) is 63.5 Å². The minimum atomic E-state index is -4.57. The van der Waals surface area contributed by atoms with Crippen LogP contribution in [0.4, 0.5) is 18.9 Å². The topological polar surface area (TPSA) is 109 Å². The molecule has 2 fully saturated rings. The zero-order valence-electron chi connectivity index (χ0n) is 28.3. The molecule has 1 atom stereocenters. The molecular formula is C37H42ClF3N4O6. The summed E-state index contributed by atoms with van der Waals surface area (Å²) in [4.78, 5) is 42.2. The van der Waals surface area contributed by atoms with Crippen molar-refractivity contribution < 1.29 is 41.8 Å². The molecule has 1 aliphatic heterocycles. The van der Waals surface area contributed by atoms with Crippen molar-refractivity contribution in [3.63, 3.8) is 0 Å². The molecule has 3 amide bonds. The minimum Gasteiger partial charge on any atom is -0.496 e. The molecule has 5 rings (SSSR count). The Hall–Kier alpha value is -4.33. The van der Waals surface area contributed by atoms with Crippen molar-refractivity contribution in [2.24, 2.45) is 0 Å². The van der Waals surface area contributed by atoms with Crippen molar-refractivity contribution >= 4 is 35.0 Å². The predicted octanol–water partition coefficient (Wildman–Crippen LogP) is 5.44. The SMILES string of the molecule is COc1ccccc1COCCCOc1ccc(N2C(=O)CNC[C@@H]2C(=O)N(Cc2cc(CCNC(=O)CC(F)(F)F)ccc2Cl)C2CC2)cc1. The van der Waals surface area contributed by atoms with Crippen molar-refractivity contribution in [3.05, 3.63) is 88.4 Å². The zero-order chi connectivity index (χ0) is 36.4. The van der Waals surface area contributed by atoms with Gasteiger partial charge >= 0.3 is 6.18 Å². The Morgan fingerprint density at radius 3 is 2.53 bits per heavy atom. The van der Waals surface area contributed by atoms with Gasteiger partial charge in [-0.25, -0.2) is 0 Å². The van der Waals surface area contributed by atoms with Crippen molar-refractivity contribution in [2.75, 3.05) is 44.9 Å². The number of ether oxygens (including phenoxy) is 3. The first kappa shape index (κ1) is 37.9. The average molecular weight is 731 g/mol. The fourth-order valence-corrected chi connectivity index (χ4v) is 6.07. The molecule has 1 saturated heterocycles. The third-order valence-corrected chi connectivity index (χ3v) is 8.93. The molecule has 0 unspecified atom stereocenters. The van der Waals surface area contributed by atoms with E-state index in [2.05, 4.69) is 10.6 Å². The number of piperazine rings is 1. The van der Waals surface area contributed by atoms with E-state index in [0.717, 1.165) is 29.7 Å². The molecule has 3 aromatic rings. The highest BCUT2D eigenvalue weighted by Gasteiger charge is 2.41. The smallest absolute Gasteiger partial charge is 0.397 e. The summed E-state index contributed by atoms with van der Waals surface area (Å²) in [6, 6.07) is 19.2. The number of rotatable bonds is 17. The van der Waals surface area contributed by atoms with Gasteiger partial charge in [0.1, 0.15) is 24.0 Å². The molecule has 2 aliphatic rings. The highest BCUT2D eigenvalue weighted by molar-refractivity contribution is 6.31. The maximum absolute atomic E-state index is 14.2. The third-order valence-electron chi connectivity index (χ3n) is 8.56. The van der Waals surface area contributed by atoms with Gasteiger partial charge < -0.3 is 29.7 Å². The van der Waals surface area contributed by atoms with Gasteiger partial charge in [0.25, 0.3) is 0 Å². The van der Waals surface area contributed by atoms with Crippen LogP contribution in [0.5, 0.6) is 11.5 Å².